The Morgan fingerprint density at radius 2 is 0.593 bits per heavy atom. The number of carboxylic acid groups (broad SMARTS) is 1. The highest BCUT2D eigenvalue weighted by molar-refractivity contribution is 9.10. The number of rotatable bonds is 25. The quantitative estimate of drug-likeness (QED) is 0.0732. The maximum Gasteiger partial charge on any atom is 0.416 e. The minimum Gasteiger partial charge on any atom is -0.508 e. The number of carbonyl (C=O) groups is 1. The fourth-order valence-electron chi connectivity index (χ4n) is 23.2. The van der Waals surface area contributed by atoms with Crippen LogP contribution < -0.4 is 9.47 Å². The molecule has 0 radical (unpaired) electrons. The molecular weight excluding hydrogens is 1610 g/mol. The number of carboxylic acids is 1. The zero-order valence-electron chi connectivity index (χ0n) is 71.7. The van der Waals surface area contributed by atoms with Crippen molar-refractivity contribution in [3.05, 3.63) is 93.9 Å². The maximum atomic E-state index is 12.7. The van der Waals surface area contributed by atoms with E-state index in [0.717, 1.165) is 135 Å². The second-order valence-corrected chi connectivity index (χ2v) is 40.8. The standard InChI is InChI=1S/C25H35F3O.C22H33BrO.C16H29Br.C16H28O2.C16H30O.C6H5BrO/c1-3-4-19-5-9-22(10-6-19)23-11-7-20(8-12-23)17-29-24-15-13-21(14-16-24)18(2)25(26,27)28;1-2-3-17-4-8-19(9-5-17)20-10-6-18(7-11-20)16-24-22-14-12-21(23)13-15-22;1-2-3-13-4-8-15(9-5-13)16-10-6-14(12-17)7-11-16;1-2-3-12-4-6-13(7-5-12)14-8-10-15(11-9-14)16(17)18;1-2-3-13-4-8-15(9-5-13)16-10-6-14(12-17)7-11-16;7-5-1-3-6(8)4-2-5/h13-16,19-20,22-23H,2-12,17H2,1H3;12-15,17-20H,2-11,16H2,1H3;13-16H,2-12H2,1H3;12-15H,2-11H2,1H3,(H,17,18);13-17H,2-12H2,1H3;1-4,8H. The Hall–Kier alpha value is -2.54. The Balaban J connectivity index is 0.000000175. The van der Waals surface area contributed by atoms with E-state index in [-0.39, 0.29) is 11.5 Å². The molecule has 0 bridgehead atoms. The lowest BCUT2D eigenvalue weighted by Crippen LogP contribution is -2.28. The normalized spacial score (nSPS) is 32.2. The van der Waals surface area contributed by atoms with Gasteiger partial charge in [0.05, 0.1) is 24.7 Å². The molecule has 0 amide bonds. The number of aromatic hydroxyl groups is 1. The van der Waals surface area contributed by atoms with Gasteiger partial charge in [-0.1, -0.05) is 230 Å². The second kappa shape index (κ2) is 53.3. The van der Waals surface area contributed by atoms with Gasteiger partial charge in [-0.05, 0) is 371 Å². The number of hydrogen-bond donors (Lipinski definition) is 3. The number of halogens is 6. The van der Waals surface area contributed by atoms with Gasteiger partial charge in [0.1, 0.15) is 17.2 Å². The summed E-state index contributed by atoms with van der Waals surface area (Å²) >= 11 is 10.4. The van der Waals surface area contributed by atoms with Gasteiger partial charge < -0.3 is 24.8 Å². The molecule has 0 atom stereocenters. The van der Waals surface area contributed by atoms with Crippen molar-refractivity contribution in [1.29, 1.82) is 0 Å². The van der Waals surface area contributed by atoms with Crippen LogP contribution in [0.2, 0.25) is 0 Å². The number of benzene rings is 3. The number of phenols is 1. The summed E-state index contributed by atoms with van der Waals surface area (Å²) in [4.78, 5) is 11.0. The lowest BCUT2D eigenvalue weighted by Gasteiger charge is -2.37. The van der Waals surface area contributed by atoms with Gasteiger partial charge in [-0.2, -0.15) is 13.2 Å². The Morgan fingerprint density at radius 3 is 0.823 bits per heavy atom. The van der Waals surface area contributed by atoms with Gasteiger partial charge >= 0.3 is 12.1 Å². The number of aliphatic hydroxyl groups excluding tert-OH is 1. The third kappa shape index (κ3) is 34.8. The Labute approximate surface area is 713 Å². The van der Waals surface area contributed by atoms with E-state index in [1.165, 1.54) is 313 Å². The van der Waals surface area contributed by atoms with E-state index < -0.39 is 17.7 Å². The summed E-state index contributed by atoms with van der Waals surface area (Å²) in [6, 6.07) is 21.2. The van der Waals surface area contributed by atoms with Gasteiger partial charge in [0.15, 0.2) is 0 Å². The van der Waals surface area contributed by atoms with Crippen molar-refractivity contribution in [1.82, 2.24) is 0 Å². The average molecular weight is 1770 g/mol. The van der Waals surface area contributed by atoms with Gasteiger partial charge in [-0.15, -0.1) is 0 Å². The summed E-state index contributed by atoms with van der Waals surface area (Å²) < 4.78 is 52.1. The van der Waals surface area contributed by atoms with E-state index in [1.807, 2.05) is 0 Å². The predicted octanol–water partition coefficient (Wildman–Crippen LogP) is 32.1. The molecule has 0 unspecified atom stereocenters. The zero-order chi connectivity index (χ0) is 80.7. The predicted molar refractivity (Wildman–Crippen MR) is 480 cm³/mol. The number of alkyl halides is 4. The Bertz CT molecular complexity index is 2850. The molecule has 12 heteroatoms. The molecule has 10 aliphatic carbocycles. The number of hydrogen-bond acceptors (Lipinski definition) is 5. The van der Waals surface area contributed by atoms with Gasteiger partial charge in [0.2, 0.25) is 0 Å². The minimum absolute atomic E-state index is 0.0438. The van der Waals surface area contributed by atoms with Crippen LogP contribution in [0.25, 0.3) is 5.57 Å². The van der Waals surface area contributed by atoms with Crippen LogP contribution in [0.1, 0.15) is 361 Å². The smallest absolute Gasteiger partial charge is 0.416 e. The lowest BCUT2D eigenvalue weighted by molar-refractivity contribution is -0.143. The fraction of sp³-hybridized carbons (Fsp3) is 0.792. The first kappa shape index (κ1) is 95.9. The maximum absolute atomic E-state index is 12.7. The highest BCUT2D eigenvalue weighted by atomic mass is 79.9. The van der Waals surface area contributed by atoms with Crippen LogP contribution in [0, 0.1) is 118 Å². The van der Waals surface area contributed by atoms with Crippen molar-refractivity contribution in [3.8, 4) is 17.2 Å². The van der Waals surface area contributed by atoms with Crippen LogP contribution in [0.15, 0.2) is 88.3 Å². The van der Waals surface area contributed by atoms with Crippen molar-refractivity contribution in [2.75, 3.05) is 25.2 Å². The third-order valence-corrected chi connectivity index (χ3v) is 32.6. The molecule has 0 spiro atoms. The van der Waals surface area contributed by atoms with Crippen LogP contribution in [0.3, 0.4) is 0 Å². The molecule has 13 rings (SSSR count). The number of allylic oxidation sites excluding steroid dienone is 1. The molecular formula is C101H160Br3F3O6. The SMILES string of the molecule is C=C(c1ccc(OCC2CCC(C3CCC(CCC)CC3)CC2)cc1)C(F)(F)F.CCCC1CCC(C2CCC(C(=O)O)CC2)CC1.CCCC1CCC(C2CCC(CBr)CC2)CC1.CCCC1CCC(C2CCC(CO)CC2)CC1.CCCC1CCC(C2CCC(COc3ccc(Br)cc3)CC2)CC1.Oc1ccc(Br)cc1. The highest BCUT2D eigenvalue weighted by Gasteiger charge is 2.38. The average Bonchev–Trinajstić information content (AvgIpc) is 0.913. The molecule has 0 aliphatic heterocycles. The molecule has 3 aromatic carbocycles. The van der Waals surface area contributed by atoms with Crippen molar-refractivity contribution >= 4 is 59.3 Å². The van der Waals surface area contributed by atoms with E-state index >= 15 is 0 Å². The first-order chi connectivity index (χ1) is 54.8. The van der Waals surface area contributed by atoms with Crippen molar-refractivity contribution < 1.29 is 42.8 Å². The summed E-state index contributed by atoms with van der Waals surface area (Å²) in [6.07, 6.45) is 65.5. The monoisotopic (exact) mass is 1760 g/mol. The van der Waals surface area contributed by atoms with E-state index in [9.17, 15) is 23.1 Å². The van der Waals surface area contributed by atoms with E-state index in [1.54, 1.807) is 49.2 Å². The summed E-state index contributed by atoms with van der Waals surface area (Å²) in [6.45, 7) is 16.7. The van der Waals surface area contributed by atoms with Crippen molar-refractivity contribution in [2.24, 2.45) is 118 Å². The van der Waals surface area contributed by atoms with Crippen LogP contribution in [-0.4, -0.2) is 52.6 Å². The first-order valence-electron chi connectivity index (χ1n) is 47.5. The van der Waals surface area contributed by atoms with Crippen molar-refractivity contribution in [3.63, 3.8) is 0 Å². The van der Waals surface area contributed by atoms with Crippen LogP contribution >= 0.6 is 47.8 Å². The zero-order valence-corrected chi connectivity index (χ0v) is 76.5. The fourth-order valence-corrected chi connectivity index (χ4v) is 24.4. The molecule has 0 saturated heterocycles. The van der Waals surface area contributed by atoms with Crippen LogP contribution in [0.4, 0.5) is 13.2 Å². The molecule has 113 heavy (non-hydrogen) atoms. The molecule has 10 aliphatic rings. The van der Waals surface area contributed by atoms with Gasteiger partial charge in [-0.3, -0.25) is 4.79 Å². The highest BCUT2D eigenvalue weighted by Crippen LogP contribution is 2.48. The Kier molecular flexibility index (Phi) is 45.2. The molecule has 0 heterocycles. The first-order valence-corrected chi connectivity index (χ1v) is 50.2. The molecule has 10 fully saturated rings. The summed E-state index contributed by atoms with van der Waals surface area (Å²) in [5.41, 5.74) is -0.717. The van der Waals surface area contributed by atoms with Crippen molar-refractivity contribution in [2.45, 2.75) is 362 Å². The summed E-state index contributed by atoms with van der Waals surface area (Å²) in [5.74, 6) is 19.2. The number of aliphatic carboxylic acids is 1. The number of aliphatic hydroxyl groups is 1. The topological polar surface area (TPSA) is 96.2 Å². The number of phenolic OH excluding ortho intramolecular Hbond substituents is 1. The molecule has 3 aromatic rings. The molecule has 642 valence electrons. The van der Waals surface area contributed by atoms with E-state index in [0.29, 0.717) is 36.5 Å². The third-order valence-electron chi connectivity index (χ3n) is 30.6. The van der Waals surface area contributed by atoms with Gasteiger partial charge in [-0.25, -0.2) is 0 Å². The summed E-state index contributed by atoms with van der Waals surface area (Å²) in [7, 11) is 0. The van der Waals surface area contributed by atoms with E-state index in [2.05, 4.69) is 113 Å². The van der Waals surface area contributed by atoms with Crippen LogP contribution in [0.5, 0.6) is 17.2 Å². The van der Waals surface area contributed by atoms with Crippen LogP contribution in [-0.2, 0) is 4.79 Å². The van der Waals surface area contributed by atoms with E-state index in [4.69, 9.17) is 19.7 Å². The number of ether oxygens (including phenoxy) is 2. The largest absolute Gasteiger partial charge is 0.508 e. The van der Waals surface area contributed by atoms with Gasteiger partial charge in [0, 0.05) is 20.9 Å². The molecule has 6 nitrogen and oxygen atoms in total. The molecule has 10 saturated carbocycles. The summed E-state index contributed by atoms with van der Waals surface area (Å²) in [5, 5.41) is 28.2. The lowest BCUT2D eigenvalue weighted by atomic mass is 9.69. The Morgan fingerprint density at radius 1 is 0.363 bits per heavy atom. The van der Waals surface area contributed by atoms with Gasteiger partial charge in [0.25, 0.3) is 0 Å². The molecule has 0 aromatic heterocycles. The molecule has 3 N–H and O–H groups in total. The second-order valence-electron chi connectivity index (χ2n) is 38.3. The minimum atomic E-state index is -4.39.